The monoisotopic (exact) mass is 861 g/mol. The largest absolute Gasteiger partial charge is 0.456 e. The summed E-state index contributed by atoms with van der Waals surface area (Å²) in [7, 11) is 4.68. The van der Waals surface area contributed by atoms with Gasteiger partial charge < -0.3 is 54.0 Å². The number of carbonyl (C=O) groups is 3. The fourth-order valence-electron chi connectivity index (χ4n) is 10.1. The van der Waals surface area contributed by atoms with E-state index in [4.69, 9.17) is 28.4 Å². The number of aliphatic hydroxyl groups excluding tert-OH is 2. The molecular weight excluding hydrogens is 785 g/mol. The molecule has 0 aromatic heterocycles. The maximum Gasteiger partial charge on any atom is 0.329 e. The van der Waals surface area contributed by atoms with E-state index in [0.29, 0.717) is 81.8 Å². The van der Waals surface area contributed by atoms with Crippen molar-refractivity contribution in [2.24, 2.45) is 35.5 Å². The van der Waals surface area contributed by atoms with Crippen LogP contribution in [0.1, 0.15) is 118 Å². The van der Waals surface area contributed by atoms with Crippen LogP contribution in [0.2, 0.25) is 0 Å². The van der Waals surface area contributed by atoms with Crippen LogP contribution >= 0.6 is 0 Å². The van der Waals surface area contributed by atoms with Crippen LogP contribution in [0.3, 0.4) is 0 Å². The van der Waals surface area contributed by atoms with Gasteiger partial charge in [-0.05, 0) is 114 Å². The van der Waals surface area contributed by atoms with Crippen LogP contribution in [0.4, 0.5) is 0 Å². The number of fused-ring (bicyclic) bond motifs is 3. The van der Waals surface area contributed by atoms with Gasteiger partial charge in [0.25, 0.3) is 11.7 Å². The van der Waals surface area contributed by atoms with E-state index in [1.807, 2.05) is 26.8 Å². The third-order valence-corrected chi connectivity index (χ3v) is 14.1. The van der Waals surface area contributed by atoms with Crippen molar-refractivity contribution in [3.05, 3.63) is 23.3 Å². The summed E-state index contributed by atoms with van der Waals surface area (Å²) >= 11 is 0. The highest BCUT2D eigenvalue weighted by molar-refractivity contribution is 6.39. The zero-order valence-electron chi connectivity index (χ0n) is 38.0. The van der Waals surface area contributed by atoms with Gasteiger partial charge in [-0.2, -0.15) is 0 Å². The van der Waals surface area contributed by atoms with Crippen LogP contribution < -0.4 is 0 Å². The maximum atomic E-state index is 14.4. The molecule has 14 nitrogen and oxygen atoms in total. The minimum Gasteiger partial charge on any atom is -0.456 e. The molecular formula is C47H76N2O12. The molecule has 0 unspecified atom stereocenters. The third-order valence-electron chi connectivity index (χ3n) is 14.1. The normalized spacial score (nSPS) is 40.4. The van der Waals surface area contributed by atoms with Gasteiger partial charge in [0, 0.05) is 71.0 Å². The molecule has 14 heteroatoms. The third kappa shape index (κ3) is 12.6. The minimum absolute atomic E-state index is 0.0122. The summed E-state index contributed by atoms with van der Waals surface area (Å²) in [6, 6.07) is -1.12. The van der Waals surface area contributed by atoms with Gasteiger partial charge in [-0.3, -0.25) is 9.59 Å². The average molecular weight is 861 g/mol. The fourth-order valence-corrected chi connectivity index (χ4v) is 10.1. The number of esters is 1. The number of ether oxygens (including phenoxy) is 6. The number of aliphatic hydroxyl groups is 3. The van der Waals surface area contributed by atoms with Gasteiger partial charge in [0.05, 0.1) is 30.5 Å². The molecule has 0 aromatic carbocycles. The molecule has 2 saturated heterocycles. The van der Waals surface area contributed by atoms with Crippen molar-refractivity contribution in [3.63, 3.8) is 0 Å². The number of methoxy groups -OCH3 is 3. The second-order valence-corrected chi connectivity index (χ2v) is 19.1. The summed E-state index contributed by atoms with van der Waals surface area (Å²) < 4.78 is 36.1. The minimum atomic E-state index is -2.50. The lowest BCUT2D eigenvalue weighted by molar-refractivity contribution is -0.302. The first-order valence-electron chi connectivity index (χ1n) is 22.9. The van der Waals surface area contributed by atoms with Crippen LogP contribution in [-0.4, -0.2) is 139 Å². The summed E-state index contributed by atoms with van der Waals surface area (Å²) in [5.74, 6) is -6.51. The number of hydrogen-bond donors (Lipinski definition) is 4. The lowest BCUT2D eigenvalue weighted by Crippen LogP contribution is -2.64. The molecule has 0 radical (unpaired) electrons. The Hall–Kier alpha value is -2.56. The number of Topliss-reactive ketones (excluding diaryl/α,β-unsaturated/α-hetero) is 1. The molecule has 61 heavy (non-hydrogen) atoms. The molecule has 0 aromatic rings. The van der Waals surface area contributed by atoms with Crippen LogP contribution in [0.25, 0.3) is 0 Å². The topological polar surface area (TPSA) is 194 Å². The van der Waals surface area contributed by atoms with Crippen molar-refractivity contribution in [3.8, 4) is 0 Å². The molecule has 1 amide bonds. The summed E-state index contributed by atoms with van der Waals surface area (Å²) in [4.78, 5) is 44.3. The maximum absolute atomic E-state index is 14.4. The molecule has 4 fully saturated rings. The lowest BCUT2D eigenvalue weighted by atomic mass is 9.81. The second kappa shape index (κ2) is 22.4. The molecule has 5 rings (SSSR count). The van der Waals surface area contributed by atoms with Gasteiger partial charge in [-0.25, -0.2) is 4.79 Å². The summed E-state index contributed by atoms with van der Waals surface area (Å²) in [5, 5.41) is 43.9. The van der Waals surface area contributed by atoms with E-state index in [1.54, 1.807) is 28.3 Å². The molecule has 5 aliphatic rings. The number of amides is 1. The smallest absolute Gasteiger partial charge is 0.329 e. The first-order chi connectivity index (χ1) is 29.0. The molecule has 0 spiro atoms. The molecule has 4 N–H and O–H groups in total. The van der Waals surface area contributed by atoms with Crippen LogP contribution in [-0.2, 0) is 42.8 Å². The van der Waals surface area contributed by atoms with Gasteiger partial charge in [0.15, 0.2) is 0 Å². The van der Waals surface area contributed by atoms with Crippen LogP contribution in [0, 0.1) is 40.9 Å². The first-order valence-corrected chi connectivity index (χ1v) is 22.9. The number of carbonyl (C=O) groups excluding carboxylic acids is 3. The van der Waals surface area contributed by atoms with Gasteiger partial charge >= 0.3 is 5.97 Å². The quantitative estimate of drug-likeness (QED) is 0.0957. The number of cyclic esters (lactones) is 1. The number of rotatable bonds is 10. The first kappa shape index (κ1) is 49.5. The van der Waals surface area contributed by atoms with Crippen molar-refractivity contribution < 1.29 is 58.1 Å². The lowest BCUT2D eigenvalue weighted by Gasteiger charge is -2.47. The average Bonchev–Trinajstić information content (AvgIpc) is 4.07. The Kier molecular flexibility index (Phi) is 18.1. The highest BCUT2D eigenvalue weighted by Gasteiger charge is 2.56. The summed E-state index contributed by atoms with van der Waals surface area (Å²) in [5.41, 5.74) is 2.11. The summed E-state index contributed by atoms with van der Waals surface area (Å²) in [6.07, 6.45) is 6.74. The number of nitrogens with one attached hydrogen (secondary N) is 1. The van der Waals surface area contributed by atoms with Gasteiger partial charge in [0.1, 0.15) is 18.2 Å². The number of hydrogen-bond acceptors (Lipinski definition) is 13. The van der Waals surface area contributed by atoms with E-state index >= 15 is 0 Å². The number of allylic oxidation sites excluding steroid dienone is 3. The highest BCUT2D eigenvalue weighted by Crippen LogP contribution is 2.39. The fraction of sp³-hybridized carbons (Fsp3) is 0.830. The Bertz CT molecular complexity index is 1570. The molecule has 3 heterocycles. The van der Waals surface area contributed by atoms with Gasteiger partial charge in [-0.1, -0.05) is 38.5 Å². The second-order valence-electron chi connectivity index (χ2n) is 19.1. The van der Waals surface area contributed by atoms with Gasteiger partial charge in [0.2, 0.25) is 5.79 Å². The Morgan fingerprint density at radius 2 is 1.61 bits per heavy atom. The molecule has 14 atom stereocenters. The number of nitrogens with zero attached hydrogens (tertiary/aromatic N) is 1. The number of piperidine rings is 1. The van der Waals surface area contributed by atoms with Gasteiger partial charge in [-0.15, -0.1) is 0 Å². The van der Waals surface area contributed by atoms with E-state index in [9.17, 15) is 35.1 Å². The van der Waals surface area contributed by atoms with Crippen molar-refractivity contribution in [2.75, 3.05) is 41.1 Å². The molecule has 2 aliphatic carbocycles. The van der Waals surface area contributed by atoms with E-state index in [0.717, 1.165) is 5.57 Å². The highest BCUT2D eigenvalue weighted by atomic mass is 16.7. The zero-order chi connectivity index (χ0) is 44.6. The van der Waals surface area contributed by atoms with E-state index < -0.39 is 77.9 Å². The SMILES string of the molecule is CO[C@H]1C[C@@H](C)C/C(C)=C/[C@@H](CCOCC2CC2)C(=N)C[C@H](O)[C@@H](C)[C@@H](/C(C)=C/[C@@H]2CC[C@@H](O)[C@H](OC)C2)OC(=O)[C@@H]2CCCCN2C(=O)C(=O)[C@]2(O)O[C@H]1[C@@H](OC)C[C@H]2C. The summed E-state index contributed by atoms with van der Waals surface area (Å²) in [6.45, 7) is 10.7. The predicted molar refractivity (Wildman–Crippen MR) is 229 cm³/mol. The van der Waals surface area contributed by atoms with Crippen LogP contribution in [0.15, 0.2) is 23.3 Å². The molecule has 2 saturated carbocycles. The Morgan fingerprint density at radius 1 is 0.918 bits per heavy atom. The zero-order valence-corrected chi connectivity index (χ0v) is 38.0. The molecule has 2 bridgehead atoms. The van der Waals surface area contributed by atoms with Crippen molar-refractivity contribution in [1.29, 1.82) is 5.41 Å². The van der Waals surface area contributed by atoms with Crippen molar-refractivity contribution >= 4 is 23.4 Å². The molecule has 346 valence electrons. The Balaban J connectivity index is 1.52. The molecule has 3 aliphatic heterocycles. The Morgan fingerprint density at radius 3 is 2.28 bits per heavy atom. The van der Waals surface area contributed by atoms with Crippen molar-refractivity contribution in [1.82, 2.24) is 4.90 Å². The van der Waals surface area contributed by atoms with E-state index in [1.165, 1.54) is 17.7 Å². The van der Waals surface area contributed by atoms with Crippen LogP contribution in [0.5, 0.6) is 0 Å². The number of ketones is 1. The predicted octanol–water partition coefficient (Wildman–Crippen LogP) is 5.33. The Labute approximate surface area is 363 Å². The standard InChI is InChI=1S/C47H76N2O12/c1-27-19-28(2)21-40(57-7)43-41(58-8)23-30(4)47(55,61-43)44(52)45(53)49-17-10-9-11-36(49)46(54)60-42(29(3)22-33-14-15-37(50)39(24-33)56-6)31(5)38(51)25-35(48)34(20-27)16-18-59-26-32-12-13-32/h20,22,28,30-34,36-43,48,50-51,55H,9-19,21,23-26H2,1-8H3/b27-20+,29-22+,48-35?/t28-,30+,31+,33-,34+,36-,37+,38-,39+,40-,41-,42+,43+,47+/m0/s1. The van der Waals surface area contributed by atoms with E-state index in [2.05, 4.69) is 13.0 Å². The van der Waals surface area contributed by atoms with E-state index in [-0.39, 0.29) is 49.7 Å². The van der Waals surface area contributed by atoms with Crippen molar-refractivity contribution in [2.45, 2.75) is 173 Å².